The second-order valence-electron chi connectivity index (χ2n) is 11.7. The van der Waals surface area contributed by atoms with E-state index in [1.807, 2.05) is 0 Å². The van der Waals surface area contributed by atoms with Crippen LogP contribution in [0.5, 0.6) is 17.2 Å². The molecule has 2 aliphatic rings. The number of aromatic hydroxyl groups is 2. The first-order valence-corrected chi connectivity index (χ1v) is 18.8. The van der Waals surface area contributed by atoms with Gasteiger partial charge in [-0.2, -0.15) is 0 Å². The third-order valence-electron chi connectivity index (χ3n) is 8.04. The largest absolute Gasteiger partial charge is 1.00 e. The molecule has 0 saturated carbocycles. The number of hydrogen-bond donors (Lipinski definition) is 7. The van der Waals surface area contributed by atoms with Crippen molar-refractivity contribution in [3.05, 3.63) is 88.2 Å². The van der Waals surface area contributed by atoms with Crippen LogP contribution in [0.15, 0.2) is 81.7 Å². The van der Waals surface area contributed by atoms with Crippen molar-refractivity contribution < 1.29 is 65.9 Å². The minimum Gasteiger partial charge on any atom is -1.00 e. The van der Waals surface area contributed by atoms with Gasteiger partial charge in [0.2, 0.25) is 11.9 Å². The first-order valence-electron chi connectivity index (χ1n) is 15.9. The van der Waals surface area contributed by atoms with Gasteiger partial charge in [-0.3, -0.25) is 20.3 Å². The van der Waals surface area contributed by atoms with Gasteiger partial charge in [0.05, 0.1) is 7.11 Å². The summed E-state index contributed by atoms with van der Waals surface area (Å²) in [5.41, 5.74) is 12.2. The van der Waals surface area contributed by atoms with Crippen molar-refractivity contribution in [1.82, 2.24) is 20.2 Å². The Morgan fingerprint density at radius 3 is 2.54 bits per heavy atom. The molecular weight excluding hydrogens is 814 g/mol. The van der Waals surface area contributed by atoms with Crippen molar-refractivity contribution in [3.8, 4) is 17.2 Å². The number of nitrogens with one attached hydrogen (secondary N) is 1. The number of nitrogens with zero attached hydrogens (tertiary/aromatic N) is 5. The summed E-state index contributed by atoms with van der Waals surface area (Å²) in [5.74, 6) is 2.29. The van der Waals surface area contributed by atoms with E-state index < -0.39 is 58.5 Å². The zero-order valence-corrected chi connectivity index (χ0v) is 32.1. The molecule has 0 bridgehead atoms. The quantitative estimate of drug-likeness (QED) is 0.00821. The Bertz CT molecular complexity index is 2220. The number of β-lactam (4-membered cyclic amide) rings is 1. The lowest BCUT2D eigenvalue weighted by molar-refractivity contribution is -0.682. The third-order valence-corrected chi connectivity index (χ3v) is 11.1. The predicted octanol–water partition coefficient (Wildman–Crippen LogP) is -2.14. The van der Waals surface area contributed by atoms with Gasteiger partial charge in [-0.05, 0) is 52.1 Å². The highest BCUT2D eigenvalue weighted by Crippen LogP contribution is 2.42. The maximum atomic E-state index is 13.8. The molecule has 0 spiro atoms. The van der Waals surface area contributed by atoms with Crippen LogP contribution in [-0.2, 0) is 35.4 Å². The molecule has 0 unspecified atom stereocenters. The van der Waals surface area contributed by atoms with Gasteiger partial charge in [-0.1, -0.05) is 23.4 Å². The highest BCUT2D eigenvalue weighted by molar-refractivity contribution is 8.01. The lowest BCUT2D eigenvalue weighted by Crippen LogP contribution is -3.00. The molecule has 2 aliphatic heterocycles. The van der Waals surface area contributed by atoms with Crippen LogP contribution in [0.2, 0.25) is 0 Å². The summed E-state index contributed by atoms with van der Waals surface area (Å²) in [6, 6.07) is 10.5. The van der Waals surface area contributed by atoms with E-state index in [2.05, 4.69) is 20.4 Å². The summed E-state index contributed by atoms with van der Waals surface area (Å²) in [4.78, 5) is 68.2. The first-order chi connectivity index (χ1) is 26.3. The number of aromatic nitrogens is 3. The number of hydrogen-bond acceptors (Lipinski definition) is 18. The van der Waals surface area contributed by atoms with Crippen molar-refractivity contribution in [2.45, 2.75) is 29.3 Å². The number of rotatable bonds is 14. The number of esters is 1. The minimum absolute atomic E-state index is 0. The van der Waals surface area contributed by atoms with Crippen LogP contribution in [0.1, 0.15) is 22.9 Å². The highest BCUT2D eigenvalue weighted by Gasteiger charge is 2.55. The standard InChI is InChI=1S/C33H31N9O10S3.ClH/c1-50-18-5-2-15(3-6-18)11-51-31(49)25-17(13-55-33-38-22(34)8-9-41(33)36)12-53-29-24(28(46)42(25)29)39-27(45)23(19-14-54-32(35)37-19)40-52-26(30(47)48)16-4-7-20(43)21(44)10-16;/h2-10,14,24,26,29,34H,11-13,36H2,1H3,(H6,35,37,39,40,43,44,45,47,48);1H/t24-,26+,29-;/m1./s1. The third kappa shape index (κ3) is 8.94. The monoisotopic (exact) mass is 845 g/mol. The smallest absolute Gasteiger partial charge is 0.384 e. The number of aliphatic carboxylic acids is 1. The fraction of sp³-hybridized carbons (Fsp3) is 0.212. The van der Waals surface area contributed by atoms with E-state index >= 15 is 0 Å². The van der Waals surface area contributed by atoms with E-state index in [-0.39, 0.29) is 58.4 Å². The van der Waals surface area contributed by atoms with Gasteiger partial charge in [-0.15, -0.1) is 27.8 Å². The number of thioether (sulfide) groups is 2. The zero-order valence-electron chi connectivity index (χ0n) is 28.9. The number of carboxylic acid groups (broad SMARTS) is 1. The van der Waals surface area contributed by atoms with Crippen molar-refractivity contribution in [3.63, 3.8) is 0 Å². The molecule has 2 aromatic heterocycles. The molecule has 4 heterocycles. The van der Waals surface area contributed by atoms with Gasteiger partial charge in [0.1, 0.15) is 41.4 Å². The van der Waals surface area contributed by atoms with Gasteiger partial charge in [-0.25, -0.2) is 14.6 Å². The van der Waals surface area contributed by atoms with Crippen molar-refractivity contribution in [1.29, 1.82) is 0 Å². The van der Waals surface area contributed by atoms with Crippen LogP contribution in [0, 0.1) is 0 Å². The number of carboxylic acids is 1. The number of amides is 2. The maximum Gasteiger partial charge on any atom is 0.384 e. The number of ether oxygens (including phenoxy) is 2. The minimum atomic E-state index is -1.83. The Balaban J connectivity index is 0.00000600. The number of halogens is 1. The molecule has 2 amide bonds. The van der Waals surface area contributed by atoms with E-state index in [1.165, 1.54) is 63.9 Å². The number of methoxy groups -OCH3 is 1. The molecule has 10 N–H and O–H groups in total. The van der Waals surface area contributed by atoms with Crippen molar-refractivity contribution >= 4 is 75.3 Å². The number of phenols is 2. The Morgan fingerprint density at radius 1 is 1.12 bits per heavy atom. The van der Waals surface area contributed by atoms with Crippen LogP contribution >= 0.6 is 34.9 Å². The second-order valence-corrected chi connectivity index (χ2v) is 14.6. The summed E-state index contributed by atoms with van der Waals surface area (Å²) in [6.45, 7) is -0.107. The summed E-state index contributed by atoms with van der Waals surface area (Å²) in [7, 11) is 1.53. The van der Waals surface area contributed by atoms with Gasteiger partial charge in [0.15, 0.2) is 22.3 Å². The lowest BCUT2D eigenvalue weighted by Gasteiger charge is -2.49. The van der Waals surface area contributed by atoms with Crippen LogP contribution in [0.3, 0.4) is 0 Å². The number of carbonyl (C=O) groups is 4. The van der Waals surface area contributed by atoms with Gasteiger partial charge >= 0.3 is 17.1 Å². The van der Waals surface area contributed by atoms with E-state index in [1.54, 1.807) is 24.3 Å². The SMILES string of the molecule is COc1ccc(COC(=O)C2=C(CSc3nc(N)cc[n+]3N)CS[C@@H]3[C@H](NC(=O)/C(=N\O[C@H](C(=O)O)c4ccc(O)c(O)c4)c4csc(N)n4)C(=O)N23)cc1.[Cl-]. The number of phenolic OH excluding ortho intramolecular Hbond substituents is 2. The number of nitrogens with two attached hydrogens (primary N) is 3. The van der Waals surface area contributed by atoms with E-state index in [0.29, 0.717) is 22.0 Å². The Labute approximate surface area is 335 Å². The average Bonchev–Trinajstić information content (AvgIpc) is 3.60. The molecule has 23 heteroatoms. The number of nitrogen functional groups attached to an aromatic ring is 3. The fourth-order valence-corrected chi connectivity index (χ4v) is 8.22. The number of anilines is 2. The summed E-state index contributed by atoms with van der Waals surface area (Å²) >= 11 is 3.44. The molecule has 56 heavy (non-hydrogen) atoms. The molecule has 294 valence electrons. The number of thiazole rings is 1. The molecule has 0 aliphatic carbocycles. The lowest BCUT2D eigenvalue weighted by atomic mass is 10.0. The Hall–Kier alpha value is -5.97. The number of carbonyl (C=O) groups excluding carboxylic acids is 3. The molecule has 6 rings (SSSR count). The summed E-state index contributed by atoms with van der Waals surface area (Å²) in [5, 5.41) is 36.8. The zero-order chi connectivity index (χ0) is 39.4. The van der Waals surface area contributed by atoms with E-state index in [4.69, 9.17) is 31.6 Å². The average molecular weight is 846 g/mol. The molecule has 1 fully saturated rings. The van der Waals surface area contributed by atoms with Crippen LogP contribution < -0.4 is 44.4 Å². The molecule has 3 atom stereocenters. The van der Waals surface area contributed by atoms with Gasteiger partial charge in [0.25, 0.3) is 11.8 Å². The van der Waals surface area contributed by atoms with Gasteiger partial charge < -0.3 is 58.8 Å². The first kappa shape index (κ1) is 41.2. The summed E-state index contributed by atoms with van der Waals surface area (Å²) < 4.78 is 12.1. The van der Waals surface area contributed by atoms with Crippen molar-refractivity contribution in [2.24, 2.45) is 5.16 Å². The molecule has 1 saturated heterocycles. The van der Waals surface area contributed by atoms with Crippen LogP contribution in [0.4, 0.5) is 10.9 Å². The topological polar surface area (TPSA) is 292 Å². The number of oxime groups is 1. The normalized spacial score (nSPS) is 16.8. The number of fused-ring (bicyclic) bond motifs is 1. The van der Waals surface area contributed by atoms with Crippen LogP contribution in [-0.4, -0.2) is 89.7 Å². The Kier molecular flexibility index (Phi) is 13.0. The van der Waals surface area contributed by atoms with E-state index in [9.17, 15) is 34.5 Å². The maximum absolute atomic E-state index is 13.8. The molecule has 19 nitrogen and oxygen atoms in total. The molecule has 4 aromatic rings. The molecular formula is C33H32ClN9O10S3. The predicted molar refractivity (Wildman–Crippen MR) is 199 cm³/mol. The fourth-order valence-electron chi connectivity index (χ4n) is 5.27. The van der Waals surface area contributed by atoms with Crippen LogP contribution in [0.25, 0.3) is 0 Å². The Morgan fingerprint density at radius 2 is 1.88 bits per heavy atom. The second kappa shape index (κ2) is 17.7. The van der Waals surface area contributed by atoms with E-state index in [0.717, 1.165) is 23.5 Å². The van der Waals surface area contributed by atoms with Crippen molar-refractivity contribution in [2.75, 3.05) is 35.9 Å². The highest BCUT2D eigenvalue weighted by atomic mass is 35.5. The molecule has 0 radical (unpaired) electrons. The summed E-state index contributed by atoms with van der Waals surface area (Å²) in [6.07, 6.45) is -0.298. The number of benzene rings is 2. The molecule has 2 aromatic carbocycles. The van der Waals surface area contributed by atoms with Gasteiger partial charge in [0, 0.05) is 28.5 Å².